The molecule has 0 fully saturated rings. The second-order valence-electron chi connectivity index (χ2n) is 3.00. The standard InChI is InChI=1S/C9H8N2O3/c12-8(13)4-5-1-2-6-7(3-5)10-11-9(6)14/h1-3H,4H2,(H,12,13)(H2,10,11,14). The highest BCUT2D eigenvalue weighted by Crippen LogP contribution is 2.21. The fourth-order valence-corrected chi connectivity index (χ4v) is 1.34. The van der Waals surface area contributed by atoms with Gasteiger partial charge in [-0.2, -0.15) is 0 Å². The zero-order chi connectivity index (χ0) is 10.1. The van der Waals surface area contributed by atoms with Gasteiger partial charge in [-0.1, -0.05) is 6.07 Å². The minimum absolute atomic E-state index is 0.0320. The van der Waals surface area contributed by atoms with E-state index in [-0.39, 0.29) is 12.3 Å². The Morgan fingerprint density at radius 1 is 1.50 bits per heavy atom. The van der Waals surface area contributed by atoms with Crippen LogP contribution in [0.3, 0.4) is 0 Å². The predicted octanol–water partition coefficient (Wildman–Crippen LogP) is 0.896. The van der Waals surface area contributed by atoms with Gasteiger partial charge in [0.25, 0.3) is 0 Å². The Balaban J connectivity index is 2.46. The van der Waals surface area contributed by atoms with Crippen molar-refractivity contribution in [2.75, 3.05) is 0 Å². The number of nitrogens with one attached hydrogen (secondary N) is 1. The van der Waals surface area contributed by atoms with Crippen LogP contribution in [0.15, 0.2) is 18.2 Å². The summed E-state index contributed by atoms with van der Waals surface area (Å²) < 4.78 is 0. The quantitative estimate of drug-likeness (QED) is 0.659. The number of carbonyl (C=O) groups is 1. The second kappa shape index (κ2) is 3.02. The van der Waals surface area contributed by atoms with Gasteiger partial charge < -0.3 is 10.2 Å². The lowest BCUT2D eigenvalue weighted by Crippen LogP contribution is -1.99. The number of H-pyrrole nitrogens is 1. The second-order valence-corrected chi connectivity index (χ2v) is 3.00. The molecule has 0 aliphatic carbocycles. The van der Waals surface area contributed by atoms with Crippen molar-refractivity contribution in [2.45, 2.75) is 6.42 Å². The summed E-state index contributed by atoms with van der Waals surface area (Å²) in [5.74, 6) is -0.949. The molecule has 0 radical (unpaired) electrons. The van der Waals surface area contributed by atoms with Crippen LogP contribution < -0.4 is 0 Å². The van der Waals surface area contributed by atoms with Crippen molar-refractivity contribution < 1.29 is 15.0 Å². The van der Waals surface area contributed by atoms with E-state index in [2.05, 4.69) is 10.2 Å². The van der Waals surface area contributed by atoms with Crippen LogP contribution in [0.5, 0.6) is 5.88 Å². The average Bonchev–Trinajstić information content (AvgIpc) is 2.46. The van der Waals surface area contributed by atoms with E-state index in [9.17, 15) is 9.90 Å². The molecule has 2 aromatic rings. The number of benzene rings is 1. The van der Waals surface area contributed by atoms with Crippen molar-refractivity contribution in [1.82, 2.24) is 10.2 Å². The maximum Gasteiger partial charge on any atom is 0.307 e. The zero-order valence-corrected chi connectivity index (χ0v) is 7.19. The minimum atomic E-state index is -0.881. The van der Waals surface area contributed by atoms with Crippen LogP contribution in [-0.2, 0) is 11.2 Å². The Morgan fingerprint density at radius 3 is 3.00 bits per heavy atom. The van der Waals surface area contributed by atoms with Crippen molar-refractivity contribution in [3.05, 3.63) is 23.8 Å². The first-order chi connectivity index (χ1) is 6.66. The summed E-state index contributed by atoms with van der Waals surface area (Å²) >= 11 is 0. The largest absolute Gasteiger partial charge is 0.492 e. The normalized spacial score (nSPS) is 10.6. The molecular weight excluding hydrogens is 184 g/mol. The van der Waals surface area contributed by atoms with Gasteiger partial charge in [-0.25, -0.2) is 0 Å². The number of aromatic nitrogens is 2. The van der Waals surface area contributed by atoms with Gasteiger partial charge in [-0.3, -0.25) is 9.89 Å². The number of hydrogen-bond acceptors (Lipinski definition) is 3. The van der Waals surface area contributed by atoms with Crippen LogP contribution in [-0.4, -0.2) is 26.4 Å². The lowest BCUT2D eigenvalue weighted by atomic mass is 10.1. The summed E-state index contributed by atoms with van der Waals surface area (Å²) in [5.41, 5.74) is 1.31. The van der Waals surface area contributed by atoms with Gasteiger partial charge in [0.2, 0.25) is 5.88 Å². The number of carboxylic acid groups (broad SMARTS) is 1. The number of nitrogens with zero attached hydrogens (tertiary/aromatic N) is 1. The van der Waals surface area contributed by atoms with Crippen molar-refractivity contribution in [2.24, 2.45) is 0 Å². The van der Waals surface area contributed by atoms with E-state index in [1.54, 1.807) is 18.2 Å². The number of carboxylic acids is 1. The molecule has 1 aromatic carbocycles. The molecule has 3 N–H and O–H groups in total. The molecule has 0 amide bonds. The molecule has 72 valence electrons. The molecule has 1 heterocycles. The lowest BCUT2D eigenvalue weighted by Gasteiger charge is -1.96. The number of aromatic hydroxyl groups is 1. The molecule has 5 nitrogen and oxygen atoms in total. The number of rotatable bonds is 2. The van der Waals surface area contributed by atoms with E-state index in [4.69, 9.17) is 5.11 Å². The minimum Gasteiger partial charge on any atom is -0.492 e. The molecule has 0 saturated carbocycles. The Morgan fingerprint density at radius 2 is 2.29 bits per heavy atom. The third kappa shape index (κ3) is 1.39. The van der Waals surface area contributed by atoms with Crippen LogP contribution in [0.1, 0.15) is 5.56 Å². The molecular formula is C9H8N2O3. The van der Waals surface area contributed by atoms with Crippen LogP contribution >= 0.6 is 0 Å². The molecule has 0 spiro atoms. The van der Waals surface area contributed by atoms with Crippen LogP contribution in [0.2, 0.25) is 0 Å². The van der Waals surface area contributed by atoms with Crippen molar-refractivity contribution in [3.8, 4) is 5.88 Å². The highest BCUT2D eigenvalue weighted by molar-refractivity contribution is 5.85. The molecule has 14 heavy (non-hydrogen) atoms. The summed E-state index contributed by atoms with van der Waals surface area (Å²) in [6.45, 7) is 0. The van der Waals surface area contributed by atoms with Gasteiger partial charge in [0, 0.05) is 0 Å². The zero-order valence-electron chi connectivity index (χ0n) is 7.19. The fourth-order valence-electron chi connectivity index (χ4n) is 1.34. The number of aromatic amines is 1. The Hall–Kier alpha value is -2.04. The van der Waals surface area contributed by atoms with Crippen LogP contribution in [0, 0.1) is 0 Å². The van der Waals surface area contributed by atoms with Crippen molar-refractivity contribution in [3.63, 3.8) is 0 Å². The summed E-state index contributed by atoms with van der Waals surface area (Å²) in [7, 11) is 0. The highest BCUT2D eigenvalue weighted by Gasteiger charge is 2.06. The first kappa shape index (κ1) is 8.55. The highest BCUT2D eigenvalue weighted by atomic mass is 16.4. The average molecular weight is 192 g/mol. The predicted molar refractivity (Wildman–Crippen MR) is 49.1 cm³/mol. The smallest absolute Gasteiger partial charge is 0.307 e. The molecule has 0 atom stereocenters. The van der Waals surface area contributed by atoms with E-state index in [0.29, 0.717) is 16.5 Å². The Bertz CT molecular complexity index is 490. The summed E-state index contributed by atoms with van der Waals surface area (Å²) in [6, 6.07) is 4.97. The molecule has 0 unspecified atom stereocenters. The topological polar surface area (TPSA) is 86.2 Å². The monoisotopic (exact) mass is 192 g/mol. The Kier molecular flexibility index (Phi) is 1.85. The van der Waals surface area contributed by atoms with Crippen molar-refractivity contribution in [1.29, 1.82) is 0 Å². The molecule has 1 aromatic heterocycles. The van der Waals surface area contributed by atoms with Gasteiger partial charge in [0.05, 0.1) is 17.3 Å². The van der Waals surface area contributed by atoms with Gasteiger partial charge in [0.1, 0.15) is 0 Å². The molecule has 0 aliphatic rings. The first-order valence-electron chi connectivity index (χ1n) is 4.04. The Labute approximate surface area is 79.0 Å². The summed E-state index contributed by atoms with van der Waals surface area (Å²) in [4.78, 5) is 10.4. The molecule has 0 saturated heterocycles. The third-order valence-electron chi connectivity index (χ3n) is 1.96. The number of fused-ring (bicyclic) bond motifs is 1. The van der Waals surface area contributed by atoms with Crippen molar-refractivity contribution >= 4 is 16.9 Å². The number of hydrogen-bond donors (Lipinski definition) is 3. The number of aliphatic carboxylic acids is 1. The van der Waals surface area contributed by atoms with Crippen LogP contribution in [0.4, 0.5) is 0 Å². The lowest BCUT2D eigenvalue weighted by molar-refractivity contribution is -0.136. The van der Waals surface area contributed by atoms with Gasteiger partial charge in [0.15, 0.2) is 0 Å². The van der Waals surface area contributed by atoms with Gasteiger partial charge in [-0.15, -0.1) is 5.10 Å². The maximum atomic E-state index is 10.4. The summed E-state index contributed by atoms with van der Waals surface area (Å²) in [5, 5.41) is 24.6. The molecule has 0 aliphatic heterocycles. The van der Waals surface area contributed by atoms with E-state index in [1.165, 1.54) is 0 Å². The first-order valence-corrected chi connectivity index (χ1v) is 4.04. The fraction of sp³-hybridized carbons (Fsp3) is 0.111. The SMILES string of the molecule is O=C(O)Cc1ccc2c(O)n[nH]c2c1. The van der Waals surface area contributed by atoms with Gasteiger partial charge in [-0.05, 0) is 17.7 Å². The van der Waals surface area contributed by atoms with E-state index in [0.717, 1.165) is 0 Å². The summed E-state index contributed by atoms with van der Waals surface area (Å²) in [6.07, 6.45) is -0.0320. The van der Waals surface area contributed by atoms with Gasteiger partial charge >= 0.3 is 5.97 Å². The molecule has 2 rings (SSSR count). The van der Waals surface area contributed by atoms with E-state index >= 15 is 0 Å². The molecule has 5 heteroatoms. The maximum absolute atomic E-state index is 10.4. The molecule has 0 bridgehead atoms. The van der Waals surface area contributed by atoms with E-state index < -0.39 is 5.97 Å². The van der Waals surface area contributed by atoms with Crippen LogP contribution in [0.25, 0.3) is 10.9 Å². The van der Waals surface area contributed by atoms with E-state index in [1.807, 2.05) is 0 Å². The third-order valence-corrected chi connectivity index (χ3v) is 1.96.